The fourth-order valence-electron chi connectivity index (χ4n) is 2.16. The van der Waals surface area contributed by atoms with Gasteiger partial charge in [0.2, 0.25) is 0 Å². The van der Waals surface area contributed by atoms with Crippen molar-refractivity contribution in [1.29, 1.82) is 0 Å². The lowest BCUT2D eigenvalue weighted by atomic mass is 10.1. The van der Waals surface area contributed by atoms with Crippen molar-refractivity contribution in [3.63, 3.8) is 0 Å². The van der Waals surface area contributed by atoms with Crippen LogP contribution in [0.25, 0.3) is 5.76 Å². The minimum Gasteiger partial charge on any atom is -0.377 e. The topological polar surface area (TPSA) is 29.5 Å². The first-order chi connectivity index (χ1) is 9.97. The van der Waals surface area contributed by atoms with E-state index < -0.39 is 0 Å². The van der Waals surface area contributed by atoms with Crippen LogP contribution < -0.4 is 0 Å². The van der Waals surface area contributed by atoms with Crippen molar-refractivity contribution in [1.82, 2.24) is 5.06 Å². The number of hydrogen-bond donors (Lipinski definition) is 0. The lowest BCUT2D eigenvalue weighted by Crippen LogP contribution is -2.26. The molecule has 0 aliphatic carbocycles. The van der Waals surface area contributed by atoms with Gasteiger partial charge in [-0.3, -0.25) is 4.79 Å². The van der Waals surface area contributed by atoms with Gasteiger partial charge in [0.05, 0.1) is 0 Å². The number of hydroxylamine groups is 2. The summed E-state index contributed by atoms with van der Waals surface area (Å²) in [5, 5.41) is 1.21. The van der Waals surface area contributed by atoms with Crippen molar-refractivity contribution < 1.29 is 9.63 Å². The smallest absolute Gasteiger partial charge is 0.286 e. The molecule has 0 aliphatic rings. The Morgan fingerprint density at radius 2 is 1.57 bits per heavy atom. The molecule has 0 aliphatic heterocycles. The Bertz CT molecular complexity index is 642. The number of carbonyl (C=O) groups excluding carboxylic acids is 1. The molecule has 3 heteroatoms. The molecule has 0 heterocycles. The van der Waals surface area contributed by atoms with E-state index in [4.69, 9.17) is 4.84 Å². The standard InChI is InChI=1S/C18H19NO2/c1-13-10-14(2)12-17(11-13)18(20)19(4)21-15(3)16-8-6-5-7-9-16/h5-12H,3H2,1-2,4H3. The monoisotopic (exact) mass is 281 g/mol. The maximum absolute atomic E-state index is 12.4. The molecule has 0 saturated carbocycles. The number of carbonyl (C=O) groups is 1. The first kappa shape index (κ1) is 14.9. The average Bonchev–Trinajstić information content (AvgIpc) is 2.46. The number of rotatable bonds is 4. The maximum Gasteiger partial charge on any atom is 0.286 e. The second-order valence-corrected chi connectivity index (χ2v) is 5.06. The number of aryl methyl sites for hydroxylation is 2. The Kier molecular flexibility index (Phi) is 4.43. The highest BCUT2D eigenvalue weighted by molar-refractivity contribution is 5.94. The third-order valence-electron chi connectivity index (χ3n) is 3.10. The summed E-state index contributed by atoms with van der Waals surface area (Å²) in [6, 6.07) is 15.2. The third-order valence-corrected chi connectivity index (χ3v) is 3.10. The zero-order valence-corrected chi connectivity index (χ0v) is 12.6. The second kappa shape index (κ2) is 6.27. The van der Waals surface area contributed by atoms with Gasteiger partial charge in [0, 0.05) is 18.2 Å². The molecule has 0 aromatic heterocycles. The molecule has 2 aromatic carbocycles. The molecule has 0 bridgehead atoms. The summed E-state index contributed by atoms with van der Waals surface area (Å²) >= 11 is 0. The minimum atomic E-state index is -0.195. The summed E-state index contributed by atoms with van der Waals surface area (Å²) in [6.07, 6.45) is 0. The van der Waals surface area contributed by atoms with E-state index in [9.17, 15) is 4.79 Å². The highest BCUT2D eigenvalue weighted by Gasteiger charge is 2.15. The third kappa shape index (κ3) is 3.72. The second-order valence-electron chi connectivity index (χ2n) is 5.06. The van der Waals surface area contributed by atoms with E-state index in [-0.39, 0.29) is 5.91 Å². The van der Waals surface area contributed by atoms with E-state index >= 15 is 0 Å². The first-order valence-corrected chi connectivity index (χ1v) is 6.76. The Morgan fingerprint density at radius 1 is 1.00 bits per heavy atom. The van der Waals surface area contributed by atoms with Crippen LogP contribution in [-0.4, -0.2) is 18.0 Å². The summed E-state index contributed by atoms with van der Waals surface area (Å²) in [6.45, 7) is 7.79. The molecule has 0 atom stereocenters. The zero-order chi connectivity index (χ0) is 15.4. The van der Waals surface area contributed by atoms with Gasteiger partial charge < -0.3 is 4.84 Å². The average molecular weight is 281 g/mol. The van der Waals surface area contributed by atoms with Gasteiger partial charge in [0.1, 0.15) is 0 Å². The summed E-state index contributed by atoms with van der Waals surface area (Å²) in [5.74, 6) is 0.245. The van der Waals surface area contributed by atoms with Crippen LogP contribution in [0.4, 0.5) is 0 Å². The number of benzene rings is 2. The molecule has 2 aromatic rings. The van der Waals surface area contributed by atoms with Gasteiger partial charge in [-0.1, -0.05) is 54.1 Å². The minimum absolute atomic E-state index is 0.195. The van der Waals surface area contributed by atoms with Crippen LogP contribution in [-0.2, 0) is 4.84 Å². The van der Waals surface area contributed by atoms with Crippen LogP contribution in [0, 0.1) is 13.8 Å². The zero-order valence-electron chi connectivity index (χ0n) is 12.6. The molecule has 3 nitrogen and oxygen atoms in total. The van der Waals surface area contributed by atoms with Gasteiger partial charge in [0.25, 0.3) is 5.91 Å². The van der Waals surface area contributed by atoms with E-state index in [1.807, 2.05) is 62.4 Å². The van der Waals surface area contributed by atoms with E-state index in [2.05, 4.69) is 6.58 Å². The Hall–Kier alpha value is -2.55. The summed E-state index contributed by atoms with van der Waals surface area (Å²) < 4.78 is 0. The number of nitrogens with zero attached hydrogens (tertiary/aromatic N) is 1. The van der Waals surface area contributed by atoms with E-state index in [0.29, 0.717) is 11.3 Å². The van der Waals surface area contributed by atoms with Gasteiger partial charge in [-0.15, -0.1) is 0 Å². The molecule has 2 rings (SSSR count). The molecule has 0 fully saturated rings. The molecule has 108 valence electrons. The van der Waals surface area contributed by atoms with Crippen LogP contribution in [0.15, 0.2) is 55.1 Å². The van der Waals surface area contributed by atoms with Gasteiger partial charge in [0.15, 0.2) is 5.76 Å². The summed E-state index contributed by atoms with van der Waals surface area (Å²) in [7, 11) is 1.59. The van der Waals surface area contributed by atoms with Crippen LogP contribution in [0.2, 0.25) is 0 Å². The van der Waals surface area contributed by atoms with Gasteiger partial charge in [-0.2, -0.15) is 5.06 Å². The van der Waals surface area contributed by atoms with Crippen molar-refractivity contribution in [2.45, 2.75) is 13.8 Å². The lowest BCUT2D eigenvalue weighted by molar-refractivity contribution is -0.0359. The Labute approximate surface area is 125 Å². The fraction of sp³-hybridized carbons (Fsp3) is 0.167. The Balaban J connectivity index is 2.11. The lowest BCUT2D eigenvalue weighted by Gasteiger charge is -2.19. The number of hydrogen-bond acceptors (Lipinski definition) is 2. The maximum atomic E-state index is 12.4. The van der Waals surface area contributed by atoms with E-state index in [1.54, 1.807) is 7.05 Å². The van der Waals surface area contributed by atoms with Crippen molar-refractivity contribution in [3.8, 4) is 0 Å². The highest BCUT2D eigenvalue weighted by atomic mass is 16.7. The molecule has 0 unspecified atom stereocenters. The largest absolute Gasteiger partial charge is 0.377 e. The number of amides is 1. The first-order valence-electron chi connectivity index (χ1n) is 6.76. The summed E-state index contributed by atoms with van der Waals surface area (Å²) in [4.78, 5) is 17.9. The SMILES string of the molecule is C=C(ON(C)C(=O)c1cc(C)cc(C)c1)c1ccccc1. The van der Waals surface area contributed by atoms with Crippen LogP contribution >= 0.6 is 0 Å². The van der Waals surface area contributed by atoms with Crippen molar-refractivity contribution in [3.05, 3.63) is 77.4 Å². The molecule has 0 radical (unpaired) electrons. The predicted molar refractivity (Wildman–Crippen MR) is 84.6 cm³/mol. The molecule has 0 spiro atoms. The van der Waals surface area contributed by atoms with Crippen molar-refractivity contribution >= 4 is 11.7 Å². The Morgan fingerprint density at radius 3 is 2.14 bits per heavy atom. The van der Waals surface area contributed by atoms with Gasteiger partial charge >= 0.3 is 0 Å². The molecular formula is C18H19NO2. The van der Waals surface area contributed by atoms with Crippen molar-refractivity contribution in [2.24, 2.45) is 0 Å². The van der Waals surface area contributed by atoms with E-state index in [1.165, 1.54) is 5.06 Å². The van der Waals surface area contributed by atoms with Crippen molar-refractivity contribution in [2.75, 3.05) is 7.05 Å². The molecule has 21 heavy (non-hydrogen) atoms. The molecular weight excluding hydrogens is 262 g/mol. The molecule has 1 amide bonds. The van der Waals surface area contributed by atoms with Crippen LogP contribution in [0.3, 0.4) is 0 Å². The van der Waals surface area contributed by atoms with E-state index in [0.717, 1.165) is 16.7 Å². The fourth-order valence-corrected chi connectivity index (χ4v) is 2.16. The normalized spacial score (nSPS) is 10.0. The van der Waals surface area contributed by atoms with Gasteiger partial charge in [-0.05, 0) is 26.0 Å². The molecule has 0 N–H and O–H groups in total. The summed E-state index contributed by atoms with van der Waals surface area (Å²) in [5.41, 5.74) is 3.55. The predicted octanol–water partition coefficient (Wildman–Crippen LogP) is 3.98. The van der Waals surface area contributed by atoms with Crippen LogP contribution in [0.1, 0.15) is 27.0 Å². The highest BCUT2D eigenvalue weighted by Crippen LogP contribution is 2.17. The quantitative estimate of drug-likeness (QED) is 0.626. The molecule has 0 saturated heterocycles. The van der Waals surface area contributed by atoms with Crippen LogP contribution in [0.5, 0.6) is 0 Å². The van der Waals surface area contributed by atoms with Gasteiger partial charge in [-0.25, -0.2) is 0 Å².